The third kappa shape index (κ3) is 2.65. The monoisotopic (exact) mass is 214 g/mol. The van der Waals surface area contributed by atoms with Crippen LogP contribution < -0.4 is 5.32 Å². The summed E-state index contributed by atoms with van der Waals surface area (Å²) in [5.74, 6) is 1.34. The largest absolute Gasteiger partial charge is 0.313 e. The molecule has 0 aliphatic carbocycles. The maximum atomic E-state index is 3.48. The highest BCUT2D eigenvalue weighted by Gasteiger charge is 2.25. The number of hydrogen-bond acceptors (Lipinski definition) is 3. The van der Waals surface area contributed by atoms with E-state index in [0.717, 1.165) is 17.3 Å². The number of nitrogens with zero attached hydrogens (tertiary/aromatic N) is 1. The van der Waals surface area contributed by atoms with Gasteiger partial charge in [0.15, 0.2) is 0 Å². The summed E-state index contributed by atoms with van der Waals surface area (Å²) in [6.07, 6.45) is 4.18. The van der Waals surface area contributed by atoms with Gasteiger partial charge in [-0.05, 0) is 32.9 Å². The van der Waals surface area contributed by atoms with E-state index in [-0.39, 0.29) is 0 Å². The van der Waals surface area contributed by atoms with E-state index in [4.69, 9.17) is 0 Å². The normalized spacial score (nSPS) is 38.4. The third-order valence-electron chi connectivity index (χ3n) is 3.54. The highest BCUT2D eigenvalue weighted by atomic mass is 32.2. The molecule has 2 fully saturated rings. The van der Waals surface area contributed by atoms with Crippen molar-refractivity contribution in [3.05, 3.63) is 0 Å². The second-order valence-corrected chi connectivity index (χ2v) is 6.23. The molecule has 2 aliphatic heterocycles. The molecule has 2 rings (SSSR count). The molecule has 3 unspecified atom stereocenters. The van der Waals surface area contributed by atoms with Gasteiger partial charge in [0.2, 0.25) is 0 Å². The zero-order valence-electron chi connectivity index (χ0n) is 9.33. The molecule has 2 nitrogen and oxygen atoms in total. The van der Waals surface area contributed by atoms with Crippen LogP contribution in [-0.2, 0) is 0 Å². The molecule has 0 radical (unpaired) electrons. The van der Waals surface area contributed by atoms with Crippen molar-refractivity contribution in [1.29, 1.82) is 0 Å². The van der Waals surface area contributed by atoms with Crippen LogP contribution in [0.3, 0.4) is 0 Å². The summed E-state index contributed by atoms with van der Waals surface area (Å²) in [6.45, 7) is 4.84. The van der Waals surface area contributed by atoms with Crippen molar-refractivity contribution < 1.29 is 0 Å². The molecule has 3 heteroatoms. The highest BCUT2D eigenvalue weighted by molar-refractivity contribution is 7.99. The van der Waals surface area contributed by atoms with Crippen LogP contribution in [0.2, 0.25) is 0 Å². The Morgan fingerprint density at radius 1 is 1.36 bits per heavy atom. The van der Waals surface area contributed by atoms with E-state index >= 15 is 0 Å². The summed E-state index contributed by atoms with van der Waals surface area (Å²) in [7, 11) is 2.29. The van der Waals surface area contributed by atoms with Gasteiger partial charge in [0.05, 0.1) is 0 Å². The molecule has 2 heterocycles. The Labute approximate surface area is 91.8 Å². The summed E-state index contributed by atoms with van der Waals surface area (Å²) < 4.78 is 0. The molecule has 0 aromatic heterocycles. The molecule has 0 spiro atoms. The summed E-state index contributed by atoms with van der Waals surface area (Å²) in [6, 6.07) is 1.61. The molecule has 1 N–H and O–H groups in total. The number of nitrogens with one attached hydrogen (secondary N) is 1. The summed E-state index contributed by atoms with van der Waals surface area (Å²) >= 11 is 2.15. The average molecular weight is 214 g/mol. The zero-order valence-corrected chi connectivity index (χ0v) is 10.1. The van der Waals surface area contributed by atoms with Gasteiger partial charge in [-0.2, -0.15) is 11.8 Å². The molecule has 0 amide bonds. The van der Waals surface area contributed by atoms with Gasteiger partial charge in [0.25, 0.3) is 0 Å². The molecular formula is C11H22N2S. The van der Waals surface area contributed by atoms with Gasteiger partial charge in [-0.15, -0.1) is 0 Å². The Hall–Kier alpha value is 0.270. The van der Waals surface area contributed by atoms with E-state index in [1.165, 1.54) is 38.1 Å². The third-order valence-corrected chi connectivity index (χ3v) is 4.92. The Balaban J connectivity index is 1.71. The van der Waals surface area contributed by atoms with Crippen LogP contribution in [0.15, 0.2) is 0 Å². The summed E-state index contributed by atoms with van der Waals surface area (Å²) in [5, 5.41) is 4.37. The first kappa shape index (κ1) is 10.8. The van der Waals surface area contributed by atoms with Crippen LogP contribution in [-0.4, -0.2) is 48.1 Å². The lowest BCUT2D eigenvalue weighted by atomic mass is 10.0. The van der Waals surface area contributed by atoms with E-state index in [9.17, 15) is 0 Å². The molecule has 0 bridgehead atoms. The van der Waals surface area contributed by atoms with Crippen molar-refractivity contribution in [1.82, 2.24) is 10.2 Å². The molecule has 0 saturated carbocycles. The Kier molecular flexibility index (Phi) is 3.74. The minimum absolute atomic E-state index is 0.782. The summed E-state index contributed by atoms with van der Waals surface area (Å²) in [5.41, 5.74) is 0. The lowest BCUT2D eigenvalue weighted by Crippen LogP contribution is -2.52. The van der Waals surface area contributed by atoms with Gasteiger partial charge in [0, 0.05) is 29.6 Å². The predicted molar refractivity (Wildman–Crippen MR) is 64.0 cm³/mol. The Bertz CT molecular complexity index is 174. The van der Waals surface area contributed by atoms with Gasteiger partial charge < -0.3 is 10.2 Å². The van der Waals surface area contributed by atoms with Crippen molar-refractivity contribution >= 4 is 11.8 Å². The van der Waals surface area contributed by atoms with Gasteiger partial charge >= 0.3 is 0 Å². The van der Waals surface area contributed by atoms with Gasteiger partial charge in [0.1, 0.15) is 0 Å². The maximum absolute atomic E-state index is 3.48. The lowest BCUT2D eigenvalue weighted by Gasteiger charge is -2.38. The molecule has 2 saturated heterocycles. The van der Waals surface area contributed by atoms with E-state index in [1.54, 1.807) is 0 Å². The average Bonchev–Trinajstić information content (AvgIpc) is 2.12. The predicted octanol–water partition coefficient (Wildman–Crippen LogP) is 1.56. The first-order valence-electron chi connectivity index (χ1n) is 5.81. The Morgan fingerprint density at radius 3 is 2.64 bits per heavy atom. The standard InChI is InChI=1S/C11H22N2S/c1-9-3-4-11(8-14-9)13(2)7-10-5-6-12-10/h9-12H,3-8H2,1-2H3. The fourth-order valence-corrected chi connectivity index (χ4v) is 3.49. The molecule has 3 atom stereocenters. The van der Waals surface area contributed by atoms with E-state index in [2.05, 4.69) is 35.9 Å². The van der Waals surface area contributed by atoms with Gasteiger partial charge in [-0.3, -0.25) is 0 Å². The highest BCUT2D eigenvalue weighted by Crippen LogP contribution is 2.27. The van der Waals surface area contributed by atoms with Gasteiger partial charge in [-0.1, -0.05) is 6.92 Å². The summed E-state index contributed by atoms with van der Waals surface area (Å²) in [4.78, 5) is 2.57. The van der Waals surface area contributed by atoms with E-state index in [1.807, 2.05) is 0 Å². The van der Waals surface area contributed by atoms with Crippen LogP contribution in [0.5, 0.6) is 0 Å². The molecule has 82 valence electrons. The Morgan fingerprint density at radius 2 is 2.14 bits per heavy atom. The molecule has 14 heavy (non-hydrogen) atoms. The zero-order chi connectivity index (χ0) is 9.97. The number of hydrogen-bond donors (Lipinski definition) is 1. The fraction of sp³-hybridized carbons (Fsp3) is 1.00. The van der Waals surface area contributed by atoms with Crippen molar-refractivity contribution in [3.8, 4) is 0 Å². The first-order valence-corrected chi connectivity index (χ1v) is 6.86. The van der Waals surface area contributed by atoms with Crippen molar-refractivity contribution in [2.24, 2.45) is 0 Å². The SMILES string of the molecule is CC1CCC(N(C)CC2CCN2)CS1. The first-order chi connectivity index (χ1) is 6.75. The smallest absolute Gasteiger partial charge is 0.0207 e. The minimum atomic E-state index is 0.782. The number of likely N-dealkylation sites (N-methyl/N-ethyl adjacent to an activating group) is 1. The van der Waals surface area contributed by atoms with Crippen molar-refractivity contribution in [2.45, 2.75) is 43.5 Å². The van der Waals surface area contributed by atoms with Crippen LogP contribution in [0, 0.1) is 0 Å². The maximum Gasteiger partial charge on any atom is 0.0207 e. The van der Waals surface area contributed by atoms with Crippen molar-refractivity contribution in [3.63, 3.8) is 0 Å². The molecular weight excluding hydrogens is 192 g/mol. The van der Waals surface area contributed by atoms with Crippen LogP contribution in [0.1, 0.15) is 26.2 Å². The molecule has 0 aromatic carbocycles. The molecule has 2 aliphatic rings. The topological polar surface area (TPSA) is 15.3 Å². The number of thioether (sulfide) groups is 1. The van der Waals surface area contributed by atoms with Crippen LogP contribution in [0.25, 0.3) is 0 Å². The minimum Gasteiger partial charge on any atom is -0.313 e. The van der Waals surface area contributed by atoms with Crippen LogP contribution >= 0.6 is 11.8 Å². The second kappa shape index (κ2) is 4.86. The van der Waals surface area contributed by atoms with Crippen molar-refractivity contribution in [2.75, 3.05) is 25.9 Å². The molecule has 0 aromatic rings. The van der Waals surface area contributed by atoms with E-state index < -0.39 is 0 Å². The number of rotatable bonds is 3. The van der Waals surface area contributed by atoms with Crippen LogP contribution in [0.4, 0.5) is 0 Å². The van der Waals surface area contributed by atoms with Gasteiger partial charge in [-0.25, -0.2) is 0 Å². The quantitative estimate of drug-likeness (QED) is 0.767. The van der Waals surface area contributed by atoms with E-state index in [0.29, 0.717) is 0 Å². The fourth-order valence-electron chi connectivity index (χ4n) is 2.22. The second-order valence-electron chi connectivity index (χ2n) is 4.75. The lowest BCUT2D eigenvalue weighted by molar-refractivity contribution is 0.189.